The van der Waals surface area contributed by atoms with Gasteiger partial charge in [0, 0.05) is 41.6 Å². The van der Waals surface area contributed by atoms with Gasteiger partial charge in [0.15, 0.2) is 6.29 Å². The fourth-order valence-corrected chi connectivity index (χ4v) is 5.09. The molecule has 1 aliphatic heterocycles. The van der Waals surface area contributed by atoms with Gasteiger partial charge in [-0.2, -0.15) is 28.6 Å². The molecule has 13 heteroatoms. The van der Waals surface area contributed by atoms with Gasteiger partial charge in [0.05, 0.1) is 24.3 Å². The van der Waals surface area contributed by atoms with Crippen LogP contribution in [-0.2, 0) is 39.5 Å². The number of nitrogens with one attached hydrogen (secondary N) is 1. The highest BCUT2D eigenvalue weighted by molar-refractivity contribution is 7.84. The first-order valence-corrected chi connectivity index (χ1v) is 13.8. The molecule has 1 saturated heterocycles. The number of ether oxygens (including phenoxy) is 2. The van der Waals surface area contributed by atoms with Crippen LogP contribution in [-0.4, -0.2) is 69.2 Å². The van der Waals surface area contributed by atoms with E-state index >= 15 is 0 Å². The molecule has 3 unspecified atom stereocenters. The van der Waals surface area contributed by atoms with E-state index in [-0.39, 0.29) is 10.5 Å². The number of hydrogen-bond acceptors (Lipinski definition) is 7. The van der Waals surface area contributed by atoms with Crippen molar-refractivity contribution in [3.63, 3.8) is 0 Å². The lowest BCUT2D eigenvalue weighted by molar-refractivity contribution is -0.231. The SMILES string of the molecule is C[C@@H](OC1OCCN(Cc2n[nH]nc2CN(C)C)C1c1ccc(F)cc1)c1cc(S(C)=O)cc(C(F)(F)F)c1. The van der Waals surface area contributed by atoms with Gasteiger partial charge >= 0.3 is 6.18 Å². The van der Waals surface area contributed by atoms with Crippen LogP contribution in [0.1, 0.15) is 47.1 Å². The first kappa shape index (κ1) is 29.3. The van der Waals surface area contributed by atoms with Crippen LogP contribution in [0.15, 0.2) is 47.4 Å². The van der Waals surface area contributed by atoms with Crippen molar-refractivity contribution in [2.24, 2.45) is 0 Å². The molecule has 3 aromatic rings. The molecule has 4 atom stereocenters. The smallest absolute Gasteiger partial charge is 0.349 e. The molecular formula is C26H31F4N5O3S. The van der Waals surface area contributed by atoms with Crippen molar-refractivity contribution >= 4 is 10.8 Å². The summed E-state index contributed by atoms with van der Waals surface area (Å²) in [5.41, 5.74) is 1.54. The summed E-state index contributed by atoms with van der Waals surface area (Å²) in [4.78, 5) is 4.10. The Hall–Kier alpha value is -2.71. The maximum atomic E-state index is 13.8. The van der Waals surface area contributed by atoms with Gasteiger partial charge in [-0.05, 0) is 62.5 Å². The molecule has 8 nitrogen and oxygen atoms in total. The number of alkyl halides is 3. The van der Waals surface area contributed by atoms with Crippen molar-refractivity contribution in [2.45, 2.75) is 49.5 Å². The number of rotatable bonds is 9. The third kappa shape index (κ3) is 7.28. The summed E-state index contributed by atoms with van der Waals surface area (Å²) >= 11 is 0. The zero-order valence-corrected chi connectivity index (χ0v) is 22.9. The minimum absolute atomic E-state index is 0.0519. The zero-order valence-electron chi connectivity index (χ0n) is 22.0. The molecule has 2 aromatic carbocycles. The predicted molar refractivity (Wildman–Crippen MR) is 136 cm³/mol. The normalized spacial score (nSPS) is 20.3. The van der Waals surface area contributed by atoms with E-state index in [2.05, 4.69) is 20.3 Å². The maximum absolute atomic E-state index is 13.8. The molecule has 39 heavy (non-hydrogen) atoms. The van der Waals surface area contributed by atoms with Crippen LogP contribution in [0, 0.1) is 5.82 Å². The molecule has 2 heterocycles. The van der Waals surface area contributed by atoms with Gasteiger partial charge in [0.25, 0.3) is 0 Å². The van der Waals surface area contributed by atoms with Gasteiger partial charge in [-0.1, -0.05) is 12.1 Å². The molecule has 0 bridgehead atoms. The van der Waals surface area contributed by atoms with Crippen LogP contribution in [0.3, 0.4) is 0 Å². The van der Waals surface area contributed by atoms with Crippen molar-refractivity contribution in [1.82, 2.24) is 25.2 Å². The summed E-state index contributed by atoms with van der Waals surface area (Å²) in [6, 6.07) is 8.76. The number of aromatic amines is 1. The van der Waals surface area contributed by atoms with Crippen molar-refractivity contribution < 1.29 is 31.2 Å². The lowest BCUT2D eigenvalue weighted by atomic mass is 10.0. The number of aromatic nitrogens is 3. The second kappa shape index (κ2) is 12.2. The Morgan fingerprint density at radius 3 is 2.51 bits per heavy atom. The van der Waals surface area contributed by atoms with Crippen molar-refractivity contribution in [2.75, 3.05) is 33.5 Å². The van der Waals surface area contributed by atoms with E-state index in [0.29, 0.717) is 31.8 Å². The van der Waals surface area contributed by atoms with Crippen LogP contribution in [0.2, 0.25) is 0 Å². The maximum Gasteiger partial charge on any atom is 0.416 e. The highest BCUT2D eigenvalue weighted by Crippen LogP contribution is 2.37. The largest absolute Gasteiger partial charge is 0.416 e. The fourth-order valence-electron chi connectivity index (χ4n) is 4.49. The van der Waals surface area contributed by atoms with Crippen LogP contribution >= 0.6 is 0 Å². The molecule has 0 saturated carbocycles. The van der Waals surface area contributed by atoms with E-state index in [1.165, 1.54) is 24.5 Å². The van der Waals surface area contributed by atoms with Gasteiger partial charge < -0.3 is 14.4 Å². The first-order valence-electron chi connectivity index (χ1n) is 12.3. The Morgan fingerprint density at radius 1 is 1.18 bits per heavy atom. The first-order chi connectivity index (χ1) is 18.4. The third-order valence-corrected chi connectivity index (χ3v) is 7.34. The Balaban J connectivity index is 1.65. The molecule has 1 aromatic heterocycles. The number of hydrogen-bond donors (Lipinski definition) is 1. The Kier molecular flexibility index (Phi) is 9.17. The number of benzene rings is 2. The Morgan fingerprint density at radius 2 is 1.87 bits per heavy atom. The summed E-state index contributed by atoms with van der Waals surface area (Å²) in [5.74, 6) is -0.401. The van der Waals surface area contributed by atoms with Gasteiger partial charge in [-0.3, -0.25) is 9.11 Å². The number of nitrogens with zero attached hydrogens (tertiary/aromatic N) is 4. The summed E-state index contributed by atoms with van der Waals surface area (Å²) in [6.45, 7) is 3.39. The van der Waals surface area contributed by atoms with E-state index in [1.54, 1.807) is 19.1 Å². The number of halogens is 4. The molecule has 1 fully saturated rings. The second-order valence-electron chi connectivity index (χ2n) is 9.68. The summed E-state index contributed by atoms with van der Waals surface area (Å²) in [5, 5.41) is 11.2. The van der Waals surface area contributed by atoms with E-state index in [1.807, 2.05) is 19.0 Å². The van der Waals surface area contributed by atoms with Crippen molar-refractivity contribution in [1.29, 1.82) is 0 Å². The summed E-state index contributed by atoms with van der Waals surface area (Å²) < 4.78 is 78.8. The highest BCUT2D eigenvalue weighted by atomic mass is 32.2. The molecule has 0 amide bonds. The fraction of sp³-hybridized carbons (Fsp3) is 0.462. The molecule has 0 radical (unpaired) electrons. The molecule has 0 spiro atoms. The molecule has 212 valence electrons. The Labute approximate surface area is 226 Å². The van der Waals surface area contributed by atoms with Gasteiger partial charge in [0.1, 0.15) is 17.2 Å². The zero-order chi connectivity index (χ0) is 28.3. The number of H-pyrrole nitrogens is 1. The van der Waals surface area contributed by atoms with Crippen LogP contribution in [0.5, 0.6) is 0 Å². The second-order valence-corrected chi connectivity index (χ2v) is 11.1. The van der Waals surface area contributed by atoms with E-state index in [4.69, 9.17) is 9.47 Å². The minimum atomic E-state index is -4.61. The average molecular weight is 570 g/mol. The standard InChI is InChI=1S/C26H31F4N5O3S/c1-16(18-11-19(26(28,29)30)13-21(12-18)39(4)36)38-25-24(17-5-7-20(27)8-6-17)35(9-10-37-25)15-23-22(14-34(2)3)31-33-32-23/h5-8,11-13,16,24-25H,9-10,14-15H2,1-4H3,(H,31,32,33)/t16-,24?,25?,39?/m1/s1. The van der Waals surface area contributed by atoms with Crippen molar-refractivity contribution in [3.8, 4) is 0 Å². The minimum Gasteiger partial charge on any atom is -0.349 e. The average Bonchev–Trinajstić information content (AvgIpc) is 3.29. The topological polar surface area (TPSA) is 83.6 Å². The van der Waals surface area contributed by atoms with Gasteiger partial charge in [0.2, 0.25) is 0 Å². The lowest BCUT2D eigenvalue weighted by Crippen LogP contribution is -2.46. The van der Waals surface area contributed by atoms with E-state index in [0.717, 1.165) is 23.5 Å². The lowest BCUT2D eigenvalue weighted by Gasteiger charge is -2.42. The molecule has 0 aliphatic carbocycles. The van der Waals surface area contributed by atoms with Gasteiger partial charge in [-0.25, -0.2) is 4.39 Å². The molecule has 4 rings (SSSR count). The van der Waals surface area contributed by atoms with Gasteiger partial charge in [-0.15, -0.1) is 0 Å². The summed E-state index contributed by atoms with van der Waals surface area (Å²) in [7, 11) is 2.22. The monoisotopic (exact) mass is 569 g/mol. The third-order valence-electron chi connectivity index (χ3n) is 6.44. The Bertz CT molecular complexity index is 1290. The van der Waals surface area contributed by atoms with Crippen LogP contribution in [0.4, 0.5) is 17.6 Å². The predicted octanol–water partition coefficient (Wildman–Crippen LogP) is 4.44. The number of morpholine rings is 1. The van der Waals surface area contributed by atoms with Crippen LogP contribution < -0.4 is 0 Å². The summed E-state index contributed by atoms with van der Waals surface area (Å²) in [6.07, 6.45) is -5.01. The highest BCUT2D eigenvalue weighted by Gasteiger charge is 2.37. The molecule has 1 aliphatic rings. The van der Waals surface area contributed by atoms with E-state index in [9.17, 15) is 21.8 Å². The molecular weight excluding hydrogens is 538 g/mol. The van der Waals surface area contributed by atoms with Crippen molar-refractivity contribution in [3.05, 3.63) is 76.4 Å². The van der Waals surface area contributed by atoms with Crippen LogP contribution in [0.25, 0.3) is 0 Å². The quantitative estimate of drug-likeness (QED) is 0.382. The van der Waals surface area contributed by atoms with E-state index < -0.39 is 46.8 Å². The molecule has 1 N–H and O–H groups in total.